The van der Waals surface area contributed by atoms with Crippen LogP contribution in [0.4, 0.5) is 18.9 Å². The minimum Gasteiger partial charge on any atom is -0.493 e. The number of pyridine rings is 1. The van der Waals surface area contributed by atoms with E-state index in [1.807, 2.05) is 0 Å². The van der Waals surface area contributed by atoms with Crippen LogP contribution in [0.5, 0.6) is 23.0 Å². The molecule has 0 saturated heterocycles. The van der Waals surface area contributed by atoms with Crippen molar-refractivity contribution >= 4 is 15.7 Å². The summed E-state index contributed by atoms with van der Waals surface area (Å²) in [7, 11) is -1.79. The van der Waals surface area contributed by atoms with E-state index in [4.69, 9.17) is 14.2 Å². The molecule has 0 N–H and O–H groups in total. The summed E-state index contributed by atoms with van der Waals surface area (Å²) in [6.07, 6.45) is -2.02. The van der Waals surface area contributed by atoms with Crippen molar-refractivity contribution in [2.45, 2.75) is 12.7 Å². The number of rotatable bonds is 9. The molecule has 7 nitrogen and oxygen atoms in total. The van der Waals surface area contributed by atoms with Crippen LogP contribution in [0.15, 0.2) is 67.0 Å². The summed E-state index contributed by atoms with van der Waals surface area (Å²) in [5.41, 5.74) is 0.477. The van der Waals surface area contributed by atoms with Crippen LogP contribution in [-0.4, -0.2) is 39.6 Å². The first kappa shape index (κ1) is 24.2. The fourth-order valence-electron chi connectivity index (χ4n) is 3.01. The second-order valence-electron chi connectivity index (χ2n) is 6.83. The van der Waals surface area contributed by atoms with Gasteiger partial charge in [0, 0.05) is 12.4 Å². The predicted molar refractivity (Wildman–Crippen MR) is 116 cm³/mol. The third-order valence-electron chi connectivity index (χ3n) is 4.46. The number of benzene rings is 2. The molecule has 0 amide bonds. The van der Waals surface area contributed by atoms with E-state index in [-0.39, 0.29) is 12.2 Å². The Morgan fingerprint density at radius 3 is 2.09 bits per heavy atom. The molecule has 2 aromatic carbocycles. The number of hydrogen-bond donors (Lipinski definition) is 0. The number of hydrogen-bond acceptors (Lipinski definition) is 6. The number of methoxy groups -OCH3 is 2. The zero-order chi connectivity index (χ0) is 24.1. The van der Waals surface area contributed by atoms with Crippen LogP contribution >= 0.6 is 0 Å². The van der Waals surface area contributed by atoms with Crippen LogP contribution in [-0.2, 0) is 16.6 Å². The zero-order valence-corrected chi connectivity index (χ0v) is 18.6. The molecule has 0 fully saturated rings. The Morgan fingerprint density at radius 1 is 0.939 bits per heavy atom. The summed E-state index contributed by atoms with van der Waals surface area (Å²) in [5, 5.41) is 0. The van der Waals surface area contributed by atoms with Crippen LogP contribution in [0.1, 0.15) is 5.56 Å². The maximum atomic E-state index is 13.0. The summed E-state index contributed by atoms with van der Waals surface area (Å²) in [6, 6.07) is 13.8. The largest absolute Gasteiger partial charge is 0.493 e. The van der Waals surface area contributed by atoms with Gasteiger partial charge in [0.25, 0.3) is 0 Å². The van der Waals surface area contributed by atoms with Gasteiger partial charge in [-0.15, -0.1) is 0 Å². The van der Waals surface area contributed by atoms with E-state index in [0.717, 1.165) is 0 Å². The molecule has 3 aromatic rings. The summed E-state index contributed by atoms with van der Waals surface area (Å²) in [5.74, 6) is -0.575. The number of alkyl halides is 3. The lowest BCUT2D eigenvalue weighted by Gasteiger charge is -2.25. The van der Waals surface area contributed by atoms with E-state index < -0.39 is 22.0 Å². The Labute approximate surface area is 189 Å². The molecule has 0 atom stereocenters. The molecule has 1 aromatic heterocycles. The SMILES string of the molecule is COc1cccc(OC)c1Oc1ccc(N(Cc2cccnc2)S(=O)(=O)CC(F)(F)F)cc1. The zero-order valence-electron chi connectivity index (χ0n) is 17.7. The first-order valence-electron chi connectivity index (χ1n) is 9.58. The highest BCUT2D eigenvalue weighted by molar-refractivity contribution is 7.92. The second-order valence-corrected chi connectivity index (χ2v) is 8.72. The molecule has 0 spiro atoms. The Hall–Kier alpha value is -3.47. The van der Waals surface area contributed by atoms with E-state index in [2.05, 4.69) is 4.98 Å². The first-order valence-corrected chi connectivity index (χ1v) is 11.2. The van der Waals surface area contributed by atoms with E-state index in [0.29, 0.717) is 32.9 Å². The highest BCUT2D eigenvalue weighted by Crippen LogP contribution is 2.40. The van der Waals surface area contributed by atoms with Gasteiger partial charge in [0.15, 0.2) is 17.3 Å². The predicted octanol–water partition coefficient (Wildman–Crippen LogP) is 4.79. The normalized spacial score (nSPS) is 11.7. The maximum absolute atomic E-state index is 13.0. The molecule has 0 radical (unpaired) electrons. The third-order valence-corrected chi connectivity index (χ3v) is 6.16. The van der Waals surface area contributed by atoms with Crippen molar-refractivity contribution in [1.82, 2.24) is 4.98 Å². The molecule has 0 aliphatic rings. The summed E-state index contributed by atoms with van der Waals surface area (Å²) < 4.78 is 81.2. The number of nitrogens with zero attached hydrogens (tertiary/aromatic N) is 2. The number of halogens is 3. The van der Waals surface area contributed by atoms with Gasteiger partial charge in [-0.1, -0.05) is 12.1 Å². The Kier molecular flexibility index (Phi) is 7.32. The van der Waals surface area contributed by atoms with Crippen molar-refractivity contribution in [1.29, 1.82) is 0 Å². The highest BCUT2D eigenvalue weighted by atomic mass is 32.2. The minimum absolute atomic E-state index is 0.0439. The molecule has 0 aliphatic heterocycles. The average Bonchev–Trinajstić information content (AvgIpc) is 2.77. The van der Waals surface area contributed by atoms with Gasteiger partial charge in [-0.05, 0) is 48.0 Å². The van der Waals surface area contributed by atoms with Crippen molar-refractivity contribution in [3.05, 3.63) is 72.6 Å². The Morgan fingerprint density at radius 2 is 1.58 bits per heavy atom. The molecular formula is C22H21F3N2O5S. The van der Waals surface area contributed by atoms with E-state index in [1.54, 1.807) is 30.3 Å². The van der Waals surface area contributed by atoms with E-state index in [9.17, 15) is 21.6 Å². The Bertz CT molecular complexity index is 1150. The van der Waals surface area contributed by atoms with Gasteiger partial charge in [0.2, 0.25) is 15.8 Å². The molecule has 0 aliphatic carbocycles. The van der Waals surface area contributed by atoms with Crippen molar-refractivity contribution < 1.29 is 35.8 Å². The van der Waals surface area contributed by atoms with Crippen LogP contribution in [0, 0.1) is 0 Å². The third kappa shape index (κ3) is 6.28. The Balaban J connectivity index is 1.93. The lowest BCUT2D eigenvalue weighted by molar-refractivity contribution is -0.106. The fourth-order valence-corrected chi connectivity index (χ4v) is 4.37. The molecule has 3 rings (SSSR count). The molecule has 176 valence electrons. The van der Waals surface area contributed by atoms with Gasteiger partial charge in [-0.3, -0.25) is 9.29 Å². The standard InChI is InChI=1S/C22H21F3N2O5S/c1-30-19-6-3-7-20(31-2)21(19)32-18-10-8-17(9-11-18)27(14-16-5-4-12-26-13-16)33(28,29)15-22(23,24)25/h3-13H,14-15H2,1-2H3. The summed E-state index contributed by atoms with van der Waals surface area (Å²) >= 11 is 0. The monoisotopic (exact) mass is 482 g/mol. The molecule has 33 heavy (non-hydrogen) atoms. The van der Waals surface area contributed by atoms with Gasteiger partial charge < -0.3 is 14.2 Å². The van der Waals surface area contributed by atoms with Gasteiger partial charge >= 0.3 is 6.18 Å². The molecule has 0 unspecified atom stereocenters. The lowest BCUT2D eigenvalue weighted by Crippen LogP contribution is -2.37. The molecule has 11 heteroatoms. The number of anilines is 1. The smallest absolute Gasteiger partial charge is 0.404 e. The fraction of sp³-hybridized carbons (Fsp3) is 0.227. The van der Waals surface area contributed by atoms with Gasteiger partial charge in [0.1, 0.15) is 5.75 Å². The highest BCUT2D eigenvalue weighted by Gasteiger charge is 2.38. The molecular weight excluding hydrogens is 461 g/mol. The van der Waals surface area contributed by atoms with Crippen LogP contribution in [0.2, 0.25) is 0 Å². The number of para-hydroxylation sites is 1. The van der Waals surface area contributed by atoms with Crippen LogP contribution in [0.3, 0.4) is 0 Å². The molecule has 0 bridgehead atoms. The van der Waals surface area contributed by atoms with E-state index in [1.165, 1.54) is 50.9 Å². The molecule has 1 heterocycles. The summed E-state index contributed by atoms with van der Waals surface area (Å²) in [4.78, 5) is 3.89. The number of aromatic nitrogens is 1. The molecule has 0 saturated carbocycles. The number of ether oxygens (including phenoxy) is 3. The quantitative estimate of drug-likeness (QED) is 0.437. The van der Waals surface area contributed by atoms with Crippen molar-refractivity contribution in [2.24, 2.45) is 0 Å². The second kappa shape index (κ2) is 9.99. The lowest BCUT2D eigenvalue weighted by atomic mass is 10.2. The average molecular weight is 482 g/mol. The summed E-state index contributed by atoms with van der Waals surface area (Å²) in [6.45, 7) is -0.313. The van der Waals surface area contributed by atoms with Gasteiger partial charge in [-0.25, -0.2) is 8.42 Å². The van der Waals surface area contributed by atoms with Crippen LogP contribution in [0.25, 0.3) is 0 Å². The maximum Gasteiger partial charge on any atom is 0.404 e. The number of sulfonamides is 1. The van der Waals surface area contributed by atoms with Crippen molar-refractivity contribution in [3.8, 4) is 23.0 Å². The minimum atomic E-state index is -4.89. The first-order chi connectivity index (χ1) is 15.6. The van der Waals surface area contributed by atoms with Crippen LogP contribution < -0.4 is 18.5 Å². The van der Waals surface area contributed by atoms with Crippen molar-refractivity contribution in [2.75, 3.05) is 24.3 Å². The van der Waals surface area contributed by atoms with Crippen molar-refractivity contribution in [3.63, 3.8) is 0 Å². The van der Waals surface area contributed by atoms with Gasteiger partial charge in [0.05, 0.1) is 26.5 Å². The topological polar surface area (TPSA) is 78.0 Å². The van der Waals surface area contributed by atoms with Gasteiger partial charge in [-0.2, -0.15) is 13.2 Å². The van der Waals surface area contributed by atoms with E-state index >= 15 is 0 Å².